The number of aromatic nitrogens is 1. The van der Waals surface area contributed by atoms with Gasteiger partial charge in [-0.1, -0.05) is 29.3 Å². The third kappa shape index (κ3) is 4.11. The van der Waals surface area contributed by atoms with E-state index >= 15 is 0 Å². The van der Waals surface area contributed by atoms with Crippen LogP contribution in [0.25, 0.3) is 0 Å². The molecular formula is C14H12Cl2N2O2. The number of rotatable bonds is 4. The summed E-state index contributed by atoms with van der Waals surface area (Å²) in [5.74, 6) is 0.643. The molecule has 0 radical (unpaired) electrons. The van der Waals surface area contributed by atoms with Crippen molar-refractivity contribution in [1.29, 1.82) is 0 Å². The summed E-state index contributed by atoms with van der Waals surface area (Å²) in [5, 5.41) is 3.69. The predicted molar refractivity (Wildman–Crippen MR) is 79.4 cm³/mol. The van der Waals surface area contributed by atoms with Gasteiger partial charge in [-0.2, -0.15) is 0 Å². The van der Waals surface area contributed by atoms with Crippen LogP contribution in [0.2, 0.25) is 10.0 Å². The van der Waals surface area contributed by atoms with Crippen molar-refractivity contribution in [2.24, 2.45) is 0 Å². The molecule has 0 bridgehead atoms. The normalized spacial score (nSPS) is 11.8. The molecule has 1 amide bonds. The summed E-state index contributed by atoms with van der Waals surface area (Å²) in [7, 11) is 0. The molecule has 1 aromatic carbocycles. The summed E-state index contributed by atoms with van der Waals surface area (Å²) in [6.07, 6.45) is 0.783. The third-order valence-electron chi connectivity index (χ3n) is 2.46. The quantitative estimate of drug-likeness (QED) is 0.934. The number of ether oxygens (including phenoxy) is 1. The van der Waals surface area contributed by atoms with E-state index in [2.05, 4.69) is 10.3 Å². The number of hydrogen-bond donors (Lipinski definition) is 1. The molecule has 0 fully saturated rings. The molecule has 0 aliphatic carbocycles. The Morgan fingerprint density at radius 3 is 2.70 bits per heavy atom. The van der Waals surface area contributed by atoms with Gasteiger partial charge in [0, 0.05) is 11.2 Å². The Balaban J connectivity index is 1.96. The second-order valence-electron chi connectivity index (χ2n) is 4.07. The summed E-state index contributed by atoms with van der Waals surface area (Å²) < 4.78 is 5.50. The fourth-order valence-electron chi connectivity index (χ4n) is 1.48. The number of hydrogen-bond acceptors (Lipinski definition) is 3. The van der Waals surface area contributed by atoms with Gasteiger partial charge < -0.3 is 10.1 Å². The van der Waals surface area contributed by atoms with E-state index in [-0.39, 0.29) is 5.91 Å². The van der Waals surface area contributed by atoms with Gasteiger partial charge in [-0.3, -0.25) is 4.79 Å². The molecule has 1 unspecified atom stereocenters. The maximum atomic E-state index is 11.9. The van der Waals surface area contributed by atoms with Crippen LogP contribution in [0.1, 0.15) is 6.92 Å². The van der Waals surface area contributed by atoms with E-state index in [1.54, 1.807) is 43.3 Å². The lowest BCUT2D eigenvalue weighted by Crippen LogP contribution is -2.30. The van der Waals surface area contributed by atoms with Crippen LogP contribution in [-0.2, 0) is 4.79 Å². The number of benzene rings is 1. The van der Waals surface area contributed by atoms with E-state index in [4.69, 9.17) is 27.9 Å². The Bertz CT molecular complexity index is 602. The first kappa shape index (κ1) is 14.6. The van der Waals surface area contributed by atoms with Crippen molar-refractivity contribution in [2.75, 3.05) is 5.32 Å². The summed E-state index contributed by atoms with van der Waals surface area (Å²) in [6, 6.07) is 10.1. The molecule has 0 aliphatic heterocycles. The van der Waals surface area contributed by atoms with E-state index in [0.29, 0.717) is 21.6 Å². The van der Waals surface area contributed by atoms with Crippen LogP contribution in [-0.4, -0.2) is 17.0 Å². The van der Waals surface area contributed by atoms with Crippen molar-refractivity contribution in [1.82, 2.24) is 4.98 Å². The molecule has 0 saturated heterocycles. The van der Waals surface area contributed by atoms with Gasteiger partial charge in [0.25, 0.3) is 5.91 Å². The number of anilines is 1. The van der Waals surface area contributed by atoms with Gasteiger partial charge >= 0.3 is 0 Å². The minimum atomic E-state index is -0.675. The van der Waals surface area contributed by atoms with Crippen LogP contribution >= 0.6 is 23.2 Å². The molecule has 1 heterocycles. The van der Waals surface area contributed by atoms with Gasteiger partial charge in [0.05, 0.1) is 5.02 Å². The van der Waals surface area contributed by atoms with Crippen molar-refractivity contribution >= 4 is 34.9 Å². The van der Waals surface area contributed by atoms with Crippen molar-refractivity contribution < 1.29 is 9.53 Å². The number of carbonyl (C=O) groups excluding carboxylic acids is 1. The lowest BCUT2D eigenvalue weighted by Gasteiger charge is -2.14. The number of nitrogens with one attached hydrogen (secondary N) is 1. The van der Waals surface area contributed by atoms with Crippen molar-refractivity contribution in [3.8, 4) is 5.75 Å². The number of nitrogens with zero attached hydrogens (tertiary/aromatic N) is 1. The Labute approximate surface area is 126 Å². The van der Waals surface area contributed by atoms with Gasteiger partial charge in [-0.15, -0.1) is 0 Å². The van der Waals surface area contributed by atoms with Crippen LogP contribution in [0.4, 0.5) is 5.82 Å². The van der Waals surface area contributed by atoms with Crippen molar-refractivity contribution in [3.63, 3.8) is 0 Å². The van der Waals surface area contributed by atoms with Crippen LogP contribution in [0.3, 0.4) is 0 Å². The Morgan fingerprint density at radius 1 is 1.25 bits per heavy atom. The first-order chi connectivity index (χ1) is 9.54. The highest BCUT2D eigenvalue weighted by atomic mass is 35.5. The summed E-state index contributed by atoms with van der Waals surface area (Å²) >= 11 is 11.6. The molecule has 1 N–H and O–H groups in total. The Morgan fingerprint density at radius 2 is 2.05 bits per heavy atom. The van der Waals surface area contributed by atoms with Crippen LogP contribution in [0.15, 0.2) is 42.6 Å². The van der Waals surface area contributed by atoms with Crippen molar-refractivity contribution in [3.05, 3.63) is 52.6 Å². The minimum Gasteiger partial charge on any atom is -0.481 e. The molecule has 1 atom stereocenters. The molecule has 6 heteroatoms. The largest absolute Gasteiger partial charge is 0.481 e. The smallest absolute Gasteiger partial charge is 0.266 e. The van der Waals surface area contributed by atoms with Gasteiger partial charge in [0.2, 0.25) is 0 Å². The van der Waals surface area contributed by atoms with E-state index in [1.807, 2.05) is 0 Å². The fourth-order valence-corrected chi connectivity index (χ4v) is 1.77. The highest BCUT2D eigenvalue weighted by Gasteiger charge is 2.15. The Hall–Kier alpha value is -1.78. The topological polar surface area (TPSA) is 51.2 Å². The zero-order valence-corrected chi connectivity index (χ0v) is 12.2. The molecule has 20 heavy (non-hydrogen) atoms. The lowest BCUT2D eigenvalue weighted by atomic mass is 10.3. The fraction of sp³-hybridized carbons (Fsp3) is 0.143. The monoisotopic (exact) mass is 310 g/mol. The first-order valence-corrected chi connectivity index (χ1v) is 6.65. The molecule has 0 saturated carbocycles. The summed E-state index contributed by atoms with van der Waals surface area (Å²) in [5.41, 5.74) is 0. The standard InChI is InChI=1S/C14H12Cl2N2O2/c1-9(20-12-4-2-3-10(15)7-12)14(19)18-13-6-5-11(16)8-17-13/h2-9H,1H3,(H,17,18,19). The van der Waals surface area contributed by atoms with Crippen molar-refractivity contribution in [2.45, 2.75) is 13.0 Å². The second-order valence-corrected chi connectivity index (χ2v) is 4.94. The lowest BCUT2D eigenvalue weighted by molar-refractivity contribution is -0.122. The zero-order valence-electron chi connectivity index (χ0n) is 10.6. The second kappa shape index (κ2) is 6.59. The molecule has 104 valence electrons. The number of amides is 1. The Kier molecular flexibility index (Phi) is 4.82. The van der Waals surface area contributed by atoms with Crippen LogP contribution in [0, 0.1) is 0 Å². The number of halogens is 2. The van der Waals surface area contributed by atoms with E-state index < -0.39 is 6.10 Å². The molecule has 4 nitrogen and oxygen atoms in total. The molecule has 2 aromatic rings. The summed E-state index contributed by atoms with van der Waals surface area (Å²) in [6.45, 7) is 1.64. The predicted octanol–water partition coefficient (Wildman–Crippen LogP) is 3.79. The minimum absolute atomic E-state index is 0.306. The highest BCUT2D eigenvalue weighted by molar-refractivity contribution is 6.30. The molecule has 2 rings (SSSR count). The number of carbonyl (C=O) groups is 1. The van der Waals surface area contributed by atoms with Gasteiger partial charge in [0.15, 0.2) is 6.10 Å². The van der Waals surface area contributed by atoms with E-state index in [1.165, 1.54) is 6.20 Å². The summed E-state index contributed by atoms with van der Waals surface area (Å²) in [4.78, 5) is 15.9. The van der Waals surface area contributed by atoms with E-state index in [0.717, 1.165) is 0 Å². The van der Waals surface area contributed by atoms with Gasteiger partial charge in [-0.05, 0) is 37.3 Å². The van der Waals surface area contributed by atoms with Gasteiger partial charge in [-0.25, -0.2) is 4.98 Å². The average Bonchev–Trinajstić information content (AvgIpc) is 2.41. The van der Waals surface area contributed by atoms with Crippen LogP contribution in [0.5, 0.6) is 5.75 Å². The number of pyridine rings is 1. The maximum absolute atomic E-state index is 11.9. The molecule has 1 aromatic heterocycles. The van der Waals surface area contributed by atoms with Crippen LogP contribution < -0.4 is 10.1 Å². The third-order valence-corrected chi connectivity index (χ3v) is 2.92. The molecule has 0 aliphatic rings. The molecular weight excluding hydrogens is 299 g/mol. The molecule has 0 spiro atoms. The van der Waals surface area contributed by atoms with Gasteiger partial charge in [0.1, 0.15) is 11.6 Å². The SMILES string of the molecule is CC(Oc1cccc(Cl)c1)C(=O)Nc1ccc(Cl)cn1. The maximum Gasteiger partial charge on any atom is 0.266 e. The van der Waals surface area contributed by atoms with E-state index in [9.17, 15) is 4.79 Å². The first-order valence-electron chi connectivity index (χ1n) is 5.89. The average molecular weight is 311 g/mol. The zero-order chi connectivity index (χ0) is 14.5. The highest BCUT2D eigenvalue weighted by Crippen LogP contribution is 2.18.